The van der Waals surface area contributed by atoms with E-state index in [1.54, 1.807) is 30.2 Å². The van der Waals surface area contributed by atoms with E-state index in [4.69, 9.17) is 4.74 Å². The number of aryl methyl sites for hydroxylation is 1. The van der Waals surface area contributed by atoms with Crippen LogP contribution in [0.4, 0.5) is 5.69 Å². The number of amides is 1. The summed E-state index contributed by atoms with van der Waals surface area (Å²) in [6.45, 7) is 6.04. The molecule has 0 saturated heterocycles. The first kappa shape index (κ1) is 17.7. The first-order valence-corrected chi connectivity index (χ1v) is 8.01. The number of rotatable bonds is 6. The highest BCUT2D eigenvalue weighted by molar-refractivity contribution is 5.97. The molecule has 0 radical (unpaired) electrons. The summed E-state index contributed by atoms with van der Waals surface area (Å²) >= 11 is 0. The van der Waals surface area contributed by atoms with Gasteiger partial charge in [-0.2, -0.15) is 0 Å². The van der Waals surface area contributed by atoms with Crippen LogP contribution in [0, 0.1) is 6.92 Å². The Bertz CT molecular complexity index is 752. The Labute approximate surface area is 143 Å². The molecule has 0 aromatic heterocycles. The Kier molecular flexibility index (Phi) is 5.74. The smallest absolute Gasteiger partial charge is 0.231 e. The molecule has 1 amide bonds. The van der Waals surface area contributed by atoms with Crippen LogP contribution in [0.3, 0.4) is 0 Å². The number of hydrogen-bond donors (Lipinski definition) is 0. The zero-order valence-corrected chi connectivity index (χ0v) is 14.6. The van der Waals surface area contributed by atoms with Gasteiger partial charge < -0.3 is 9.64 Å². The average Bonchev–Trinajstić information content (AvgIpc) is 2.57. The quantitative estimate of drug-likeness (QED) is 0.759. The standard InChI is InChI=1S/C20H23NO3/c1-5-21(18-9-7-6-8-14(18)2)20(23)13-17-12-16(15(3)22)10-11-19(17)24-4/h6-12H,5,13H2,1-4H3. The largest absolute Gasteiger partial charge is 0.496 e. The highest BCUT2D eigenvalue weighted by Crippen LogP contribution is 2.24. The Morgan fingerprint density at radius 1 is 1.12 bits per heavy atom. The minimum Gasteiger partial charge on any atom is -0.496 e. The van der Waals surface area contributed by atoms with E-state index < -0.39 is 0 Å². The van der Waals surface area contributed by atoms with Crippen molar-refractivity contribution >= 4 is 17.4 Å². The van der Waals surface area contributed by atoms with Gasteiger partial charge in [0.2, 0.25) is 5.91 Å². The van der Waals surface area contributed by atoms with Crippen LogP contribution in [0.2, 0.25) is 0 Å². The molecular formula is C20H23NO3. The molecule has 2 aromatic rings. The summed E-state index contributed by atoms with van der Waals surface area (Å²) in [5, 5.41) is 0. The maximum absolute atomic E-state index is 12.8. The predicted octanol–water partition coefficient (Wildman–Crippen LogP) is 3.80. The monoisotopic (exact) mass is 325 g/mol. The van der Waals surface area contributed by atoms with E-state index >= 15 is 0 Å². The first-order chi connectivity index (χ1) is 11.5. The molecule has 2 rings (SSSR count). The molecule has 0 spiro atoms. The summed E-state index contributed by atoms with van der Waals surface area (Å²) in [4.78, 5) is 26.2. The van der Waals surface area contributed by atoms with Crippen LogP contribution in [-0.4, -0.2) is 25.3 Å². The molecule has 0 aliphatic carbocycles. The minimum absolute atomic E-state index is 0.0224. The molecule has 24 heavy (non-hydrogen) atoms. The predicted molar refractivity (Wildman–Crippen MR) is 95.9 cm³/mol. The lowest BCUT2D eigenvalue weighted by Crippen LogP contribution is -2.32. The van der Waals surface area contributed by atoms with Gasteiger partial charge in [0.15, 0.2) is 5.78 Å². The molecule has 0 heterocycles. The second kappa shape index (κ2) is 7.77. The molecule has 0 aliphatic heterocycles. The summed E-state index contributed by atoms with van der Waals surface area (Å²) < 4.78 is 5.34. The van der Waals surface area contributed by atoms with E-state index in [-0.39, 0.29) is 18.1 Å². The van der Waals surface area contributed by atoms with Crippen LogP contribution >= 0.6 is 0 Å². The van der Waals surface area contributed by atoms with Gasteiger partial charge in [0.25, 0.3) is 0 Å². The first-order valence-electron chi connectivity index (χ1n) is 8.01. The second-order valence-corrected chi connectivity index (χ2v) is 5.68. The second-order valence-electron chi connectivity index (χ2n) is 5.68. The van der Waals surface area contributed by atoms with E-state index in [2.05, 4.69) is 0 Å². The fraction of sp³-hybridized carbons (Fsp3) is 0.300. The molecule has 0 aliphatic rings. The van der Waals surface area contributed by atoms with Crippen molar-refractivity contribution in [3.63, 3.8) is 0 Å². The Morgan fingerprint density at radius 3 is 2.42 bits per heavy atom. The number of likely N-dealkylation sites (N-methyl/N-ethyl adjacent to an activating group) is 1. The van der Waals surface area contributed by atoms with Gasteiger partial charge >= 0.3 is 0 Å². The molecule has 0 atom stereocenters. The lowest BCUT2D eigenvalue weighted by atomic mass is 10.0. The maximum atomic E-state index is 12.8. The summed E-state index contributed by atoms with van der Waals surface area (Å²) in [7, 11) is 1.57. The molecule has 0 bridgehead atoms. The van der Waals surface area contributed by atoms with Gasteiger partial charge in [-0.1, -0.05) is 18.2 Å². The average molecular weight is 325 g/mol. The zero-order chi connectivity index (χ0) is 17.7. The number of ether oxygens (including phenoxy) is 1. The topological polar surface area (TPSA) is 46.6 Å². The number of carbonyl (C=O) groups excluding carboxylic acids is 2. The van der Waals surface area contributed by atoms with Gasteiger partial charge in [-0.3, -0.25) is 9.59 Å². The molecule has 0 unspecified atom stereocenters. The van der Waals surface area contributed by atoms with Crippen LogP contribution in [0.15, 0.2) is 42.5 Å². The fourth-order valence-corrected chi connectivity index (χ4v) is 2.74. The third-order valence-electron chi connectivity index (χ3n) is 4.05. The molecule has 4 nitrogen and oxygen atoms in total. The Morgan fingerprint density at radius 2 is 1.83 bits per heavy atom. The van der Waals surface area contributed by atoms with Crippen molar-refractivity contribution in [1.82, 2.24) is 0 Å². The van der Waals surface area contributed by atoms with Gasteiger partial charge in [-0.15, -0.1) is 0 Å². The molecule has 2 aromatic carbocycles. The fourth-order valence-electron chi connectivity index (χ4n) is 2.74. The molecule has 0 fully saturated rings. The number of methoxy groups -OCH3 is 1. The van der Waals surface area contributed by atoms with E-state index in [1.165, 1.54) is 6.92 Å². The highest BCUT2D eigenvalue weighted by Gasteiger charge is 2.18. The molecule has 0 N–H and O–H groups in total. The number of Topliss-reactive ketones (excluding diaryl/α,β-unsaturated/α-hetero) is 1. The minimum atomic E-state index is -0.0300. The van der Waals surface area contributed by atoms with Gasteiger partial charge in [0, 0.05) is 23.4 Å². The lowest BCUT2D eigenvalue weighted by Gasteiger charge is -2.23. The van der Waals surface area contributed by atoms with Gasteiger partial charge in [-0.05, 0) is 50.6 Å². The van der Waals surface area contributed by atoms with Crippen LogP contribution in [0.1, 0.15) is 35.3 Å². The van der Waals surface area contributed by atoms with E-state index in [1.807, 2.05) is 38.1 Å². The van der Waals surface area contributed by atoms with Crippen molar-refractivity contribution in [2.45, 2.75) is 27.2 Å². The number of para-hydroxylation sites is 1. The van der Waals surface area contributed by atoms with Gasteiger partial charge in [0.1, 0.15) is 5.75 Å². The van der Waals surface area contributed by atoms with Crippen molar-refractivity contribution in [2.75, 3.05) is 18.6 Å². The summed E-state index contributed by atoms with van der Waals surface area (Å²) in [5.74, 6) is 0.567. The number of anilines is 1. The third-order valence-corrected chi connectivity index (χ3v) is 4.05. The summed E-state index contributed by atoms with van der Waals surface area (Å²) in [6.07, 6.45) is 0.187. The maximum Gasteiger partial charge on any atom is 0.231 e. The van der Waals surface area contributed by atoms with E-state index in [0.29, 0.717) is 17.9 Å². The van der Waals surface area contributed by atoms with Crippen molar-refractivity contribution in [1.29, 1.82) is 0 Å². The van der Waals surface area contributed by atoms with Crippen molar-refractivity contribution < 1.29 is 14.3 Å². The number of nitrogens with zero attached hydrogens (tertiary/aromatic N) is 1. The van der Waals surface area contributed by atoms with Crippen LogP contribution in [0.5, 0.6) is 5.75 Å². The Hall–Kier alpha value is -2.62. The number of hydrogen-bond acceptors (Lipinski definition) is 3. The van der Waals surface area contributed by atoms with Crippen LogP contribution in [-0.2, 0) is 11.2 Å². The summed E-state index contributed by atoms with van der Waals surface area (Å²) in [6, 6.07) is 13.0. The van der Waals surface area contributed by atoms with E-state index in [9.17, 15) is 9.59 Å². The summed E-state index contributed by atoms with van der Waals surface area (Å²) in [5.41, 5.74) is 3.27. The molecular weight excluding hydrogens is 302 g/mol. The number of benzene rings is 2. The normalized spacial score (nSPS) is 10.3. The lowest BCUT2D eigenvalue weighted by molar-refractivity contribution is -0.118. The Balaban J connectivity index is 2.32. The molecule has 0 saturated carbocycles. The SMILES string of the molecule is CCN(C(=O)Cc1cc(C(C)=O)ccc1OC)c1ccccc1C. The highest BCUT2D eigenvalue weighted by atomic mass is 16.5. The molecule has 4 heteroatoms. The van der Waals surface area contributed by atoms with Crippen molar-refractivity contribution in [3.05, 3.63) is 59.2 Å². The van der Waals surface area contributed by atoms with Crippen molar-refractivity contribution in [3.8, 4) is 5.75 Å². The van der Waals surface area contributed by atoms with E-state index in [0.717, 1.165) is 16.8 Å². The zero-order valence-electron chi connectivity index (χ0n) is 14.6. The van der Waals surface area contributed by atoms with Crippen molar-refractivity contribution in [2.24, 2.45) is 0 Å². The molecule has 126 valence electrons. The van der Waals surface area contributed by atoms with Crippen LogP contribution < -0.4 is 9.64 Å². The van der Waals surface area contributed by atoms with Gasteiger partial charge in [-0.25, -0.2) is 0 Å². The number of ketones is 1. The number of carbonyl (C=O) groups is 2. The van der Waals surface area contributed by atoms with Gasteiger partial charge in [0.05, 0.1) is 13.5 Å². The van der Waals surface area contributed by atoms with Crippen LogP contribution in [0.25, 0.3) is 0 Å². The third kappa shape index (κ3) is 3.82.